The Labute approximate surface area is 110 Å². The molecule has 0 radical (unpaired) electrons. The fourth-order valence-corrected chi connectivity index (χ4v) is 1.92. The third kappa shape index (κ3) is 2.73. The van der Waals surface area contributed by atoms with Crippen LogP contribution in [-0.4, -0.2) is 39.9 Å². The highest BCUT2D eigenvalue weighted by Crippen LogP contribution is 2.14. The molecular weight excluding hydrogens is 244 g/mol. The first-order chi connectivity index (χ1) is 8.99. The summed E-state index contributed by atoms with van der Waals surface area (Å²) in [7, 11) is 3.50. The van der Waals surface area contributed by atoms with E-state index in [0.717, 1.165) is 16.6 Å². The lowest BCUT2D eigenvalue weighted by Gasteiger charge is -2.14. The highest BCUT2D eigenvalue weighted by Gasteiger charge is 2.14. The Kier molecular flexibility index (Phi) is 3.50. The lowest BCUT2D eigenvalue weighted by atomic mass is 10.1. The summed E-state index contributed by atoms with van der Waals surface area (Å²) in [5, 5.41) is 0. The maximum absolute atomic E-state index is 11.3. The van der Waals surface area contributed by atoms with Gasteiger partial charge in [0.2, 0.25) is 0 Å². The molecule has 0 aliphatic rings. The van der Waals surface area contributed by atoms with Crippen molar-refractivity contribution in [1.82, 2.24) is 14.5 Å². The molecule has 6 heteroatoms. The van der Waals surface area contributed by atoms with E-state index in [9.17, 15) is 9.59 Å². The molecular formula is C13H16N4O2. The minimum Gasteiger partial charge on any atom is -0.361 e. The molecule has 0 saturated carbocycles. The molecule has 0 saturated heterocycles. The van der Waals surface area contributed by atoms with Crippen LogP contribution in [0.5, 0.6) is 0 Å². The second kappa shape index (κ2) is 5.09. The van der Waals surface area contributed by atoms with Crippen LogP contribution in [0.4, 0.5) is 0 Å². The molecule has 6 nitrogen and oxygen atoms in total. The molecule has 1 heterocycles. The number of amides is 2. The Balaban J connectivity index is 2.05. The van der Waals surface area contributed by atoms with Gasteiger partial charge in [0.05, 0.1) is 17.4 Å². The zero-order chi connectivity index (χ0) is 14.0. The first-order valence-electron chi connectivity index (χ1n) is 5.94. The maximum Gasteiger partial charge on any atom is 0.311 e. The van der Waals surface area contributed by atoms with Crippen LogP contribution < -0.4 is 5.73 Å². The van der Waals surface area contributed by atoms with E-state index in [-0.39, 0.29) is 0 Å². The molecule has 0 atom stereocenters. The van der Waals surface area contributed by atoms with Gasteiger partial charge < -0.3 is 15.2 Å². The minimum atomic E-state index is -0.928. The minimum absolute atomic E-state index is 0.445. The molecule has 2 rings (SSSR count). The van der Waals surface area contributed by atoms with Crippen molar-refractivity contribution in [2.24, 2.45) is 12.8 Å². The number of nitrogens with two attached hydrogens (primary N) is 1. The summed E-state index contributed by atoms with van der Waals surface area (Å²) < 4.78 is 1.95. The van der Waals surface area contributed by atoms with Gasteiger partial charge in [0.15, 0.2) is 0 Å². The number of aromatic nitrogens is 2. The predicted octanol–water partition coefficient (Wildman–Crippen LogP) is 0.0595. The first-order valence-corrected chi connectivity index (χ1v) is 5.94. The number of likely N-dealkylation sites (N-methyl/N-ethyl adjacent to an activating group) is 1. The van der Waals surface area contributed by atoms with Gasteiger partial charge in [0.1, 0.15) is 0 Å². The van der Waals surface area contributed by atoms with Gasteiger partial charge in [0.25, 0.3) is 0 Å². The third-order valence-corrected chi connectivity index (χ3v) is 3.08. The second-order valence-corrected chi connectivity index (χ2v) is 4.52. The summed E-state index contributed by atoms with van der Waals surface area (Å²) >= 11 is 0. The van der Waals surface area contributed by atoms with Gasteiger partial charge >= 0.3 is 11.8 Å². The average Bonchev–Trinajstić information content (AvgIpc) is 2.76. The van der Waals surface area contributed by atoms with Crippen molar-refractivity contribution < 1.29 is 9.59 Å². The van der Waals surface area contributed by atoms with E-state index in [1.807, 2.05) is 29.8 Å². The summed E-state index contributed by atoms with van der Waals surface area (Å²) in [5.74, 6) is -1.60. The normalized spacial score (nSPS) is 10.6. The topological polar surface area (TPSA) is 81.2 Å². The number of fused-ring (bicyclic) bond motifs is 1. The third-order valence-electron chi connectivity index (χ3n) is 3.08. The number of imidazole rings is 1. The van der Waals surface area contributed by atoms with Gasteiger partial charge in [-0.05, 0) is 24.1 Å². The molecule has 0 spiro atoms. The van der Waals surface area contributed by atoms with E-state index in [4.69, 9.17) is 5.73 Å². The molecule has 0 aliphatic heterocycles. The smallest absolute Gasteiger partial charge is 0.311 e. The molecule has 100 valence electrons. The Hall–Kier alpha value is -2.37. The zero-order valence-corrected chi connectivity index (χ0v) is 11.0. The Morgan fingerprint density at radius 3 is 2.84 bits per heavy atom. The van der Waals surface area contributed by atoms with E-state index in [0.29, 0.717) is 13.0 Å². The van der Waals surface area contributed by atoms with Crippen LogP contribution in [0.15, 0.2) is 24.5 Å². The van der Waals surface area contributed by atoms with Gasteiger partial charge in [-0.25, -0.2) is 4.98 Å². The van der Waals surface area contributed by atoms with Crippen molar-refractivity contribution in [1.29, 1.82) is 0 Å². The molecule has 0 bridgehead atoms. The van der Waals surface area contributed by atoms with Crippen LogP contribution in [0, 0.1) is 0 Å². The number of aryl methyl sites for hydroxylation is 1. The molecule has 0 unspecified atom stereocenters. The number of nitrogens with zero attached hydrogens (tertiary/aromatic N) is 3. The summed E-state index contributed by atoms with van der Waals surface area (Å²) in [5.41, 5.74) is 7.99. The average molecular weight is 260 g/mol. The van der Waals surface area contributed by atoms with Crippen LogP contribution >= 0.6 is 0 Å². The first kappa shape index (κ1) is 13.1. The van der Waals surface area contributed by atoms with Gasteiger partial charge in [-0.2, -0.15) is 0 Å². The van der Waals surface area contributed by atoms with Gasteiger partial charge in [-0.1, -0.05) is 6.07 Å². The summed E-state index contributed by atoms with van der Waals surface area (Å²) in [6.45, 7) is 0.445. The lowest BCUT2D eigenvalue weighted by molar-refractivity contribution is -0.143. The predicted molar refractivity (Wildman–Crippen MR) is 71.2 cm³/mol. The van der Waals surface area contributed by atoms with E-state index in [1.54, 1.807) is 13.4 Å². The van der Waals surface area contributed by atoms with Crippen LogP contribution in [0.2, 0.25) is 0 Å². The lowest BCUT2D eigenvalue weighted by Crippen LogP contribution is -2.38. The Bertz CT molecular complexity index is 633. The Morgan fingerprint density at radius 2 is 2.16 bits per heavy atom. The summed E-state index contributed by atoms with van der Waals surface area (Å²) in [6.07, 6.45) is 2.42. The Morgan fingerprint density at radius 1 is 1.42 bits per heavy atom. The number of carbonyl (C=O) groups excluding carboxylic acids is 2. The molecule has 2 amide bonds. The fourth-order valence-electron chi connectivity index (χ4n) is 1.92. The molecule has 0 fully saturated rings. The monoisotopic (exact) mass is 260 g/mol. The molecule has 0 aliphatic carbocycles. The molecule has 2 N–H and O–H groups in total. The van der Waals surface area contributed by atoms with Crippen LogP contribution in [-0.2, 0) is 23.1 Å². The SMILES string of the molecule is CN(CCc1ccc2c(c1)ncn2C)C(=O)C(N)=O. The number of hydrogen-bond acceptors (Lipinski definition) is 3. The number of primary amides is 1. The molecule has 2 aromatic rings. The number of hydrogen-bond donors (Lipinski definition) is 1. The van der Waals surface area contributed by atoms with E-state index >= 15 is 0 Å². The number of benzene rings is 1. The quantitative estimate of drug-likeness (QED) is 0.792. The zero-order valence-electron chi connectivity index (χ0n) is 11.0. The molecule has 1 aromatic heterocycles. The van der Waals surface area contributed by atoms with Crippen molar-refractivity contribution >= 4 is 22.8 Å². The summed E-state index contributed by atoms with van der Waals surface area (Å²) in [4.78, 5) is 27.7. The molecule has 19 heavy (non-hydrogen) atoms. The highest BCUT2D eigenvalue weighted by atomic mass is 16.2. The van der Waals surface area contributed by atoms with Gasteiger partial charge in [-0.15, -0.1) is 0 Å². The fraction of sp³-hybridized carbons (Fsp3) is 0.308. The number of rotatable bonds is 3. The van der Waals surface area contributed by atoms with E-state index in [2.05, 4.69) is 4.98 Å². The maximum atomic E-state index is 11.3. The van der Waals surface area contributed by atoms with Gasteiger partial charge in [-0.3, -0.25) is 9.59 Å². The van der Waals surface area contributed by atoms with Crippen molar-refractivity contribution in [2.75, 3.05) is 13.6 Å². The van der Waals surface area contributed by atoms with Crippen molar-refractivity contribution in [3.63, 3.8) is 0 Å². The van der Waals surface area contributed by atoms with Crippen molar-refractivity contribution in [3.05, 3.63) is 30.1 Å². The standard InChI is InChI=1S/C13H16N4O2/c1-16(13(19)12(14)18)6-5-9-3-4-11-10(7-9)15-8-17(11)2/h3-4,7-8H,5-6H2,1-2H3,(H2,14,18). The van der Waals surface area contributed by atoms with E-state index < -0.39 is 11.8 Å². The van der Waals surface area contributed by atoms with Crippen LogP contribution in [0.1, 0.15) is 5.56 Å². The molecule has 1 aromatic carbocycles. The van der Waals surface area contributed by atoms with Crippen LogP contribution in [0.3, 0.4) is 0 Å². The van der Waals surface area contributed by atoms with Crippen molar-refractivity contribution in [3.8, 4) is 0 Å². The van der Waals surface area contributed by atoms with Crippen LogP contribution in [0.25, 0.3) is 11.0 Å². The number of carbonyl (C=O) groups is 2. The highest BCUT2D eigenvalue weighted by molar-refractivity contribution is 6.34. The summed E-state index contributed by atoms with van der Waals surface area (Å²) in [6, 6.07) is 5.97. The second-order valence-electron chi connectivity index (χ2n) is 4.52. The van der Waals surface area contributed by atoms with Crippen molar-refractivity contribution in [2.45, 2.75) is 6.42 Å². The van der Waals surface area contributed by atoms with E-state index in [1.165, 1.54) is 4.90 Å². The van der Waals surface area contributed by atoms with Gasteiger partial charge in [0, 0.05) is 20.6 Å². The largest absolute Gasteiger partial charge is 0.361 e.